The van der Waals surface area contributed by atoms with Crippen LogP contribution in [0, 0.1) is 11.6 Å². The number of imidazole rings is 1. The summed E-state index contributed by atoms with van der Waals surface area (Å²) in [5.41, 5.74) is 2.28. The number of hydrogen-bond donors (Lipinski definition) is 1. The second kappa shape index (κ2) is 7.09. The van der Waals surface area contributed by atoms with Gasteiger partial charge in [-0.3, -0.25) is 9.55 Å². The maximum atomic E-state index is 14.7. The molecule has 2 atom stereocenters. The Balaban J connectivity index is 1.55. The third kappa shape index (κ3) is 3.06. The number of nitrogens with zero attached hydrogens (tertiary/aromatic N) is 5. The number of rotatable bonds is 3. The molecule has 3 aliphatic heterocycles. The maximum Gasteiger partial charge on any atom is 0.167 e. The van der Waals surface area contributed by atoms with Gasteiger partial charge in [-0.1, -0.05) is 0 Å². The molecule has 3 saturated heterocycles. The molecule has 0 radical (unpaired) electrons. The minimum absolute atomic E-state index is 0.221. The van der Waals surface area contributed by atoms with Gasteiger partial charge in [-0.2, -0.15) is 0 Å². The molecule has 6 heterocycles. The average Bonchev–Trinajstić information content (AvgIpc) is 3.18. The molecule has 0 amide bonds. The van der Waals surface area contributed by atoms with E-state index in [1.54, 1.807) is 12.4 Å². The van der Waals surface area contributed by atoms with Gasteiger partial charge >= 0.3 is 0 Å². The molecule has 0 spiro atoms. The van der Waals surface area contributed by atoms with Crippen LogP contribution in [0.25, 0.3) is 28.2 Å². The average molecular weight is 418 g/mol. The zero-order chi connectivity index (χ0) is 20.9. The van der Waals surface area contributed by atoms with Crippen molar-refractivity contribution in [1.82, 2.24) is 24.8 Å². The minimum Gasteiger partial charge on any atom is -0.351 e. The summed E-state index contributed by atoms with van der Waals surface area (Å²) in [5.74, 6) is -0.0116. The molecule has 0 aliphatic carbocycles. The molecule has 3 aliphatic rings. The summed E-state index contributed by atoms with van der Waals surface area (Å²) >= 11 is 0. The number of pyridine rings is 2. The van der Waals surface area contributed by atoms with Gasteiger partial charge in [-0.15, -0.1) is 0 Å². The van der Waals surface area contributed by atoms with Gasteiger partial charge in [0.05, 0.1) is 11.3 Å². The van der Waals surface area contributed by atoms with Gasteiger partial charge < -0.3 is 10.2 Å². The molecule has 0 unspecified atom stereocenters. The van der Waals surface area contributed by atoms with Crippen molar-refractivity contribution in [2.75, 3.05) is 18.0 Å². The lowest BCUT2D eigenvalue weighted by atomic mass is 9.93. The summed E-state index contributed by atoms with van der Waals surface area (Å²) in [5, 5.41) is 3.56. The number of hydrogen-bond acceptors (Lipinski definition) is 5. The Hall–Kier alpha value is -3.39. The van der Waals surface area contributed by atoms with E-state index in [2.05, 4.69) is 20.2 Å². The molecule has 4 aromatic rings. The first-order valence-electron chi connectivity index (χ1n) is 10.4. The lowest BCUT2D eigenvalue weighted by molar-refractivity contribution is 0.289. The topological polar surface area (TPSA) is 58.9 Å². The van der Waals surface area contributed by atoms with Gasteiger partial charge in [-0.25, -0.2) is 18.7 Å². The van der Waals surface area contributed by atoms with E-state index in [1.165, 1.54) is 18.6 Å². The molecule has 3 fully saturated rings. The minimum atomic E-state index is -0.662. The van der Waals surface area contributed by atoms with Gasteiger partial charge in [0.25, 0.3) is 0 Å². The molecule has 3 aromatic heterocycles. The fourth-order valence-corrected chi connectivity index (χ4v) is 4.69. The summed E-state index contributed by atoms with van der Waals surface area (Å²) in [6.45, 7) is 1.88. The first-order chi connectivity index (χ1) is 15.2. The molecule has 1 N–H and O–H groups in total. The van der Waals surface area contributed by atoms with Crippen LogP contribution in [0.2, 0.25) is 0 Å². The van der Waals surface area contributed by atoms with Crippen LogP contribution in [-0.4, -0.2) is 44.7 Å². The predicted molar refractivity (Wildman–Crippen MR) is 114 cm³/mol. The van der Waals surface area contributed by atoms with Crippen LogP contribution >= 0.6 is 0 Å². The van der Waals surface area contributed by atoms with E-state index in [1.807, 2.05) is 28.8 Å². The van der Waals surface area contributed by atoms with Crippen LogP contribution in [0.4, 0.5) is 14.6 Å². The SMILES string of the molecule is Fc1ccc(-c2nc3ccc(N4C[C@H]5CC[C@@H]4CN5)nc3n2-c2ccncc2)c(F)c1. The molecule has 2 bridgehead atoms. The van der Waals surface area contributed by atoms with Crippen LogP contribution in [0.1, 0.15) is 12.8 Å². The highest BCUT2D eigenvalue weighted by Gasteiger charge is 2.34. The molecule has 1 aromatic carbocycles. The Kier molecular flexibility index (Phi) is 4.21. The van der Waals surface area contributed by atoms with Crippen molar-refractivity contribution in [2.24, 2.45) is 0 Å². The van der Waals surface area contributed by atoms with Crippen molar-refractivity contribution in [3.8, 4) is 17.1 Å². The third-order valence-electron chi connectivity index (χ3n) is 6.23. The quantitative estimate of drug-likeness (QED) is 0.550. The molecule has 7 rings (SSSR count). The van der Waals surface area contributed by atoms with E-state index >= 15 is 0 Å². The fraction of sp³-hybridized carbons (Fsp3) is 0.261. The van der Waals surface area contributed by atoms with Crippen molar-refractivity contribution >= 4 is 17.0 Å². The molecule has 0 saturated carbocycles. The fourth-order valence-electron chi connectivity index (χ4n) is 4.69. The summed E-state index contributed by atoms with van der Waals surface area (Å²) in [7, 11) is 0. The number of piperidine rings is 2. The molecule has 31 heavy (non-hydrogen) atoms. The highest BCUT2D eigenvalue weighted by Crippen LogP contribution is 2.32. The largest absolute Gasteiger partial charge is 0.351 e. The lowest BCUT2D eigenvalue weighted by Gasteiger charge is -2.46. The van der Waals surface area contributed by atoms with Crippen LogP contribution in [0.5, 0.6) is 0 Å². The van der Waals surface area contributed by atoms with Crippen molar-refractivity contribution in [2.45, 2.75) is 24.9 Å². The van der Waals surface area contributed by atoms with Crippen LogP contribution in [-0.2, 0) is 0 Å². The smallest absolute Gasteiger partial charge is 0.167 e. The summed E-state index contributed by atoms with van der Waals surface area (Å²) in [4.78, 5) is 16.1. The molecule has 8 heteroatoms. The number of fused-ring (bicyclic) bond motifs is 4. The monoisotopic (exact) mass is 418 g/mol. The van der Waals surface area contributed by atoms with E-state index in [-0.39, 0.29) is 5.56 Å². The van der Waals surface area contributed by atoms with Crippen molar-refractivity contribution in [1.29, 1.82) is 0 Å². The van der Waals surface area contributed by atoms with Gasteiger partial charge in [0.15, 0.2) is 5.65 Å². The zero-order valence-electron chi connectivity index (χ0n) is 16.7. The maximum absolute atomic E-state index is 14.7. The number of halogens is 2. The van der Waals surface area contributed by atoms with Gasteiger partial charge in [0.2, 0.25) is 0 Å². The highest BCUT2D eigenvalue weighted by atomic mass is 19.1. The Morgan fingerprint density at radius 3 is 2.55 bits per heavy atom. The standard InChI is InChI=1S/C23H20F2N6/c24-14-1-4-18(19(25)11-14)22-28-20-5-6-21(30-13-15-2-3-17(30)12-27-15)29-23(20)31(22)16-7-9-26-10-8-16/h1,4-11,15,17,27H,2-3,12-13H2/t15-,17-/m1/s1. The highest BCUT2D eigenvalue weighted by molar-refractivity contribution is 5.81. The zero-order valence-corrected chi connectivity index (χ0v) is 16.7. The number of anilines is 1. The molecule has 156 valence electrons. The van der Waals surface area contributed by atoms with Crippen molar-refractivity contribution in [3.05, 3.63) is 66.5 Å². The van der Waals surface area contributed by atoms with Crippen LogP contribution in [0.3, 0.4) is 0 Å². The molecular weight excluding hydrogens is 398 g/mol. The Labute approximate surface area is 177 Å². The van der Waals surface area contributed by atoms with Gasteiger partial charge in [0, 0.05) is 43.6 Å². The van der Waals surface area contributed by atoms with E-state index in [0.29, 0.717) is 29.1 Å². The van der Waals surface area contributed by atoms with E-state index < -0.39 is 11.6 Å². The van der Waals surface area contributed by atoms with Gasteiger partial charge in [0.1, 0.15) is 28.8 Å². The second-order valence-electron chi connectivity index (χ2n) is 8.10. The number of piperazine rings is 1. The van der Waals surface area contributed by atoms with Crippen LogP contribution in [0.15, 0.2) is 54.9 Å². The molecule has 6 nitrogen and oxygen atoms in total. The Morgan fingerprint density at radius 1 is 0.968 bits per heavy atom. The van der Waals surface area contributed by atoms with Crippen molar-refractivity contribution in [3.63, 3.8) is 0 Å². The second-order valence-corrected chi connectivity index (χ2v) is 8.10. The van der Waals surface area contributed by atoms with Gasteiger partial charge in [-0.05, 0) is 49.2 Å². The van der Waals surface area contributed by atoms with E-state index in [0.717, 1.165) is 37.1 Å². The lowest BCUT2D eigenvalue weighted by Crippen LogP contribution is -2.61. The van der Waals surface area contributed by atoms with Crippen molar-refractivity contribution < 1.29 is 8.78 Å². The number of aromatic nitrogens is 4. The number of benzene rings is 1. The first-order valence-corrected chi connectivity index (χ1v) is 10.4. The summed E-state index contributed by atoms with van der Waals surface area (Å²) < 4.78 is 30.0. The predicted octanol–water partition coefficient (Wildman–Crippen LogP) is 3.70. The summed E-state index contributed by atoms with van der Waals surface area (Å²) in [6.07, 6.45) is 5.68. The van der Waals surface area contributed by atoms with E-state index in [4.69, 9.17) is 4.98 Å². The number of nitrogens with one attached hydrogen (secondary N) is 1. The Bertz CT molecular complexity index is 1260. The first kappa shape index (κ1) is 18.4. The van der Waals surface area contributed by atoms with E-state index in [9.17, 15) is 8.78 Å². The third-order valence-corrected chi connectivity index (χ3v) is 6.23. The van der Waals surface area contributed by atoms with Crippen LogP contribution < -0.4 is 10.2 Å². The summed E-state index contributed by atoms with van der Waals surface area (Å²) in [6, 6.07) is 12.0. The molecular formula is C23H20F2N6. The normalized spacial score (nSPS) is 20.5. The Morgan fingerprint density at radius 2 is 1.84 bits per heavy atom.